The second-order valence-corrected chi connectivity index (χ2v) is 4.86. The third-order valence-corrected chi connectivity index (χ3v) is 3.20. The summed E-state index contributed by atoms with van der Waals surface area (Å²) in [6, 6.07) is 11.0. The van der Waals surface area contributed by atoms with E-state index in [4.69, 9.17) is 0 Å². The summed E-state index contributed by atoms with van der Waals surface area (Å²) in [5.41, 5.74) is 1.51. The van der Waals surface area contributed by atoms with Crippen molar-refractivity contribution < 1.29 is 17.9 Å². The number of rotatable bonds is 5. The fraction of sp³-hybridized carbons (Fsp3) is 0.143. The molecule has 0 bridgehead atoms. The Labute approximate surface area is 122 Å². The molecule has 0 aliphatic heterocycles. The Morgan fingerprint density at radius 3 is 2.40 bits per heavy atom. The van der Waals surface area contributed by atoms with E-state index in [1.165, 1.54) is 18.2 Å². The highest BCUT2D eigenvalue weighted by molar-refractivity contribution is 9.10. The first-order valence-electron chi connectivity index (χ1n) is 5.77. The predicted octanol–water partition coefficient (Wildman–Crippen LogP) is 4.80. The minimum Gasteiger partial charge on any atom is -0.435 e. The lowest BCUT2D eigenvalue weighted by molar-refractivity contribution is -0.0498. The van der Waals surface area contributed by atoms with Crippen LogP contribution in [0.15, 0.2) is 46.9 Å². The molecule has 0 aliphatic rings. The molecule has 0 amide bonds. The quantitative estimate of drug-likeness (QED) is 0.840. The first-order chi connectivity index (χ1) is 9.54. The van der Waals surface area contributed by atoms with Crippen LogP contribution < -0.4 is 10.1 Å². The van der Waals surface area contributed by atoms with Crippen LogP contribution in [0.4, 0.5) is 18.9 Å². The molecular formula is C14H11BrF3NO. The van der Waals surface area contributed by atoms with Gasteiger partial charge in [0, 0.05) is 12.2 Å². The zero-order chi connectivity index (χ0) is 14.5. The second-order valence-electron chi connectivity index (χ2n) is 4.00. The molecule has 0 heterocycles. The van der Waals surface area contributed by atoms with Crippen LogP contribution in [0.2, 0.25) is 0 Å². The van der Waals surface area contributed by atoms with Gasteiger partial charge in [-0.05, 0) is 57.9 Å². The summed E-state index contributed by atoms with van der Waals surface area (Å²) in [6.07, 6.45) is 0. The molecule has 106 valence electrons. The Bertz CT molecular complexity index is 575. The number of alkyl halides is 2. The molecule has 0 atom stereocenters. The molecule has 1 N–H and O–H groups in total. The lowest BCUT2D eigenvalue weighted by atomic mass is 10.2. The average Bonchev–Trinajstić information content (AvgIpc) is 2.41. The van der Waals surface area contributed by atoms with E-state index in [-0.39, 0.29) is 11.6 Å². The highest BCUT2D eigenvalue weighted by Crippen LogP contribution is 2.20. The van der Waals surface area contributed by atoms with Crippen molar-refractivity contribution in [3.8, 4) is 5.75 Å². The molecule has 0 radical (unpaired) electrons. The maximum absolute atomic E-state index is 13.3. The molecule has 2 aromatic rings. The normalized spacial score (nSPS) is 10.7. The largest absolute Gasteiger partial charge is 0.435 e. The van der Waals surface area contributed by atoms with Gasteiger partial charge in [-0.2, -0.15) is 8.78 Å². The van der Waals surface area contributed by atoms with E-state index in [0.717, 1.165) is 11.3 Å². The van der Waals surface area contributed by atoms with E-state index in [9.17, 15) is 13.2 Å². The molecule has 6 heteroatoms. The minimum absolute atomic E-state index is 0.0974. The van der Waals surface area contributed by atoms with Crippen LogP contribution in [0.1, 0.15) is 5.56 Å². The fourth-order valence-electron chi connectivity index (χ4n) is 1.61. The van der Waals surface area contributed by atoms with Gasteiger partial charge in [-0.3, -0.25) is 0 Å². The summed E-state index contributed by atoms with van der Waals surface area (Å²) in [4.78, 5) is 0. The highest BCUT2D eigenvalue weighted by atomic mass is 79.9. The number of halogens is 4. The van der Waals surface area contributed by atoms with E-state index < -0.39 is 6.61 Å². The molecule has 0 aromatic heterocycles. The molecule has 20 heavy (non-hydrogen) atoms. The zero-order valence-corrected chi connectivity index (χ0v) is 11.8. The molecule has 2 rings (SSSR count). The van der Waals surface area contributed by atoms with Gasteiger partial charge in [0.05, 0.1) is 4.47 Å². The number of nitrogens with one attached hydrogen (secondary N) is 1. The number of hydrogen-bond acceptors (Lipinski definition) is 2. The van der Waals surface area contributed by atoms with Gasteiger partial charge in [0.15, 0.2) is 0 Å². The molecular weight excluding hydrogens is 335 g/mol. The first-order valence-corrected chi connectivity index (χ1v) is 6.56. The van der Waals surface area contributed by atoms with E-state index in [0.29, 0.717) is 11.0 Å². The smallest absolute Gasteiger partial charge is 0.387 e. The van der Waals surface area contributed by atoms with Gasteiger partial charge in [-0.1, -0.05) is 6.07 Å². The number of ether oxygens (including phenoxy) is 1. The Kier molecular flexibility index (Phi) is 4.89. The molecule has 0 saturated heterocycles. The Morgan fingerprint density at radius 2 is 1.80 bits per heavy atom. The van der Waals surface area contributed by atoms with Crippen molar-refractivity contribution in [3.63, 3.8) is 0 Å². The molecule has 2 aromatic carbocycles. The van der Waals surface area contributed by atoms with Crippen molar-refractivity contribution >= 4 is 21.6 Å². The van der Waals surface area contributed by atoms with Gasteiger partial charge < -0.3 is 10.1 Å². The summed E-state index contributed by atoms with van der Waals surface area (Å²) in [5.74, 6) is -0.231. The standard InChI is InChI=1S/C14H11BrF3NO/c15-12-6-1-9(7-13(12)16)8-19-10-2-4-11(5-3-10)20-14(17)18/h1-7,14,19H,8H2. The lowest BCUT2D eigenvalue weighted by Crippen LogP contribution is -2.02. The van der Waals surface area contributed by atoms with E-state index in [1.54, 1.807) is 24.3 Å². The number of benzene rings is 2. The highest BCUT2D eigenvalue weighted by Gasteiger charge is 2.04. The van der Waals surface area contributed by atoms with Crippen molar-refractivity contribution in [2.45, 2.75) is 13.2 Å². The molecule has 0 aliphatic carbocycles. The van der Waals surface area contributed by atoms with E-state index in [1.807, 2.05) is 0 Å². The van der Waals surface area contributed by atoms with Crippen LogP contribution in [-0.4, -0.2) is 6.61 Å². The van der Waals surface area contributed by atoms with Gasteiger partial charge in [0.25, 0.3) is 0 Å². The SMILES string of the molecule is Fc1cc(CNc2ccc(OC(F)F)cc2)ccc1Br. The zero-order valence-electron chi connectivity index (χ0n) is 10.2. The predicted molar refractivity (Wildman–Crippen MR) is 74.5 cm³/mol. The van der Waals surface area contributed by atoms with Crippen molar-refractivity contribution in [1.29, 1.82) is 0 Å². The maximum atomic E-state index is 13.3. The van der Waals surface area contributed by atoms with Gasteiger partial charge in [0.2, 0.25) is 0 Å². The topological polar surface area (TPSA) is 21.3 Å². The summed E-state index contributed by atoms with van der Waals surface area (Å²) in [7, 11) is 0. The van der Waals surface area contributed by atoms with E-state index in [2.05, 4.69) is 26.0 Å². The summed E-state index contributed by atoms with van der Waals surface area (Å²) < 4.78 is 41.9. The van der Waals surface area contributed by atoms with E-state index >= 15 is 0 Å². The third-order valence-electron chi connectivity index (χ3n) is 2.56. The van der Waals surface area contributed by atoms with Gasteiger partial charge in [-0.15, -0.1) is 0 Å². The second kappa shape index (κ2) is 6.65. The van der Waals surface area contributed by atoms with Crippen molar-refractivity contribution in [2.75, 3.05) is 5.32 Å². The minimum atomic E-state index is -2.83. The number of hydrogen-bond donors (Lipinski definition) is 1. The van der Waals surface area contributed by atoms with Gasteiger partial charge in [-0.25, -0.2) is 4.39 Å². The Balaban J connectivity index is 1.95. The fourth-order valence-corrected chi connectivity index (χ4v) is 1.85. The summed E-state index contributed by atoms with van der Waals surface area (Å²) >= 11 is 3.08. The Morgan fingerprint density at radius 1 is 1.10 bits per heavy atom. The van der Waals surface area contributed by atoms with Crippen LogP contribution in [0.25, 0.3) is 0 Å². The van der Waals surface area contributed by atoms with Crippen molar-refractivity contribution in [2.24, 2.45) is 0 Å². The van der Waals surface area contributed by atoms with Crippen LogP contribution in [0, 0.1) is 5.82 Å². The maximum Gasteiger partial charge on any atom is 0.387 e. The van der Waals surface area contributed by atoms with Crippen molar-refractivity contribution in [3.05, 3.63) is 58.3 Å². The molecule has 0 unspecified atom stereocenters. The van der Waals surface area contributed by atoms with Crippen LogP contribution in [0.5, 0.6) is 5.75 Å². The monoisotopic (exact) mass is 345 g/mol. The number of anilines is 1. The van der Waals surface area contributed by atoms with Gasteiger partial charge in [0.1, 0.15) is 11.6 Å². The first kappa shape index (κ1) is 14.7. The summed E-state index contributed by atoms with van der Waals surface area (Å²) in [6.45, 7) is -2.40. The molecule has 0 saturated carbocycles. The molecule has 0 fully saturated rings. The summed E-state index contributed by atoms with van der Waals surface area (Å²) in [5, 5.41) is 3.06. The third kappa shape index (κ3) is 4.16. The van der Waals surface area contributed by atoms with Crippen LogP contribution >= 0.6 is 15.9 Å². The van der Waals surface area contributed by atoms with Crippen LogP contribution in [-0.2, 0) is 6.54 Å². The van der Waals surface area contributed by atoms with Crippen molar-refractivity contribution in [1.82, 2.24) is 0 Å². The lowest BCUT2D eigenvalue weighted by Gasteiger charge is -2.09. The average molecular weight is 346 g/mol. The van der Waals surface area contributed by atoms with Gasteiger partial charge >= 0.3 is 6.61 Å². The molecule has 0 spiro atoms. The molecule has 2 nitrogen and oxygen atoms in total. The van der Waals surface area contributed by atoms with Crippen LogP contribution in [0.3, 0.4) is 0 Å². The Hall–Kier alpha value is -1.69.